The first-order valence-electron chi connectivity index (χ1n) is 48.4. The molecule has 30 heteroatoms. The maximum atomic E-state index is 13.2. The number of fused-ring (bicyclic) bond motifs is 1. The lowest BCUT2D eigenvalue weighted by Crippen LogP contribution is -2.48. The van der Waals surface area contributed by atoms with Crippen LogP contribution in [0.5, 0.6) is 0 Å². The van der Waals surface area contributed by atoms with Crippen LogP contribution in [0.3, 0.4) is 0 Å². The molecule has 141 heavy (non-hydrogen) atoms. The van der Waals surface area contributed by atoms with Crippen molar-refractivity contribution >= 4 is 52.4 Å². The van der Waals surface area contributed by atoms with Crippen molar-refractivity contribution in [2.24, 2.45) is 5.92 Å². The van der Waals surface area contributed by atoms with Gasteiger partial charge in [0.2, 0.25) is 5.91 Å². The van der Waals surface area contributed by atoms with Gasteiger partial charge in [0.05, 0.1) is 65.8 Å². The summed E-state index contributed by atoms with van der Waals surface area (Å²) in [5.74, 6) is 0.833. The normalized spacial score (nSPS) is 11.6. The molecule has 16 rings (SSSR count). The Balaban J connectivity index is 0.000000158. The largest absolute Gasteiger partial charge is 0.461 e. The number of aliphatic hydroxyl groups is 1. The minimum absolute atomic E-state index is 0.0216. The number of hydrogen-bond donors (Lipinski definition) is 5. The van der Waals surface area contributed by atoms with E-state index in [0.717, 1.165) is 192 Å². The Labute approximate surface area is 828 Å². The first-order chi connectivity index (χ1) is 68.0. The van der Waals surface area contributed by atoms with Crippen LogP contribution in [-0.2, 0) is 79.6 Å². The van der Waals surface area contributed by atoms with Gasteiger partial charge in [0.15, 0.2) is 16.5 Å². The molecule has 0 fully saturated rings. The number of hydrogen-bond acceptors (Lipinski definition) is 21. The number of para-hydroxylation sites is 1. The highest BCUT2D eigenvalue weighted by molar-refractivity contribution is 6.32. The third-order valence-electron chi connectivity index (χ3n) is 23.3. The van der Waals surface area contributed by atoms with Gasteiger partial charge in [-0.3, -0.25) is 4.79 Å². The number of carbonyl (C=O) groups is 5. The molecule has 9 aromatic carbocycles. The smallest absolute Gasteiger partial charge is 0.358 e. The number of aromatic nitrogens is 18. The predicted molar refractivity (Wildman–Crippen MR) is 549 cm³/mol. The number of amides is 1. The first kappa shape index (κ1) is 103. The van der Waals surface area contributed by atoms with Gasteiger partial charge in [0, 0.05) is 74.1 Å². The maximum absolute atomic E-state index is 13.2. The lowest BCUT2D eigenvalue weighted by Gasteiger charge is -2.33. The Morgan fingerprint density at radius 2 is 0.745 bits per heavy atom. The molecular formula is C111H126ClN19O10. The van der Waals surface area contributed by atoms with Crippen LogP contribution in [0.1, 0.15) is 232 Å². The number of benzene rings is 9. The summed E-state index contributed by atoms with van der Waals surface area (Å²) in [6, 6.07) is 70.5. The molecule has 0 radical (unpaired) electrons. The Kier molecular flexibility index (Phi) is 36.0. The van der Waals surface area contributed by atoms with Crippen LogP contribution >= 0.6 is 11.6 Å². The number of esters is 4. The number of aryl methyl sites for hydroxylation is 3. The van der Waals surface area contributed by atoms with E-state index in [1.807, 2.05) is 206 Å². The second kappa shape index (κ2) is 49.0. The van der Waals surface area contributed by atoms with Crippen LogP contribution in [0.15, 0.2) is 237 Å². The second-order valence-corrected chi connectivity index (χ2v) is 36.9. The third-order valence-corrected chi connectivity index (χ3v) is 23.6. The van der Waals surface area contributed by atoms with Crippen molar-refractivity contribution in [2.75, 3.05) is 0 Å². The lowest BCUT2D eigenvalue weighted by molar-refractivity contribution is -0.161. The summed E-state index contributed by atoms with van der Waals surface area (Å²) in [5.41, 5.74) is 21.7. The summed E-state index contributed by atoms with van der Waals surface area (Å²) < 4.78 is 28.0. The van der Waals surface area contributed by atoms with Crippen molar-refractivity contribution in [2.45, 2.75) is 237 Å². The van der Waals surface area contributed by atoms with E-state index in [2.05, 4.69) is 184 Å². The Bertz CT molecular complexity index is 6760. The van der Waals surface area contributed by atoms with Crippen LogP contribution in [0, 0.1) is 5.92 Å². The SMILES string of the molecule is CCCCC(=O)N(Cc1ccc(-c2ccccc2-c2cn[nH]n2)cc1)[C@H](C(=O)OC(C)C)C(C)C.CCCCc1nc(Cl)c(C(=O)OC(C)C)n1Cc1ccc(-c2ccccc2-c2cn[nH]n2)cc1.CCCc1nc(C(C)(C)O)c(C(=O)OC(C)C)n1Cc1ccc(-c2ccccc2-c2cn[nH]n2)cc1.CCCc1nc2cccc(C(=O)OC(C)C)c2n1Cc1ccc(-c2ccccc2-c2cn[nH]n2)cc1. The van der Waals surface area contributed by atoms with Gasteiger partial charge in [-0.25, -0.2) is 34.1 Å². The zero-order chi connectivity index (χ0) is 100. The predicted octanol–water partition coefficient (Wildman–Crippen LogP) is 22.8. The molecule has 0 aliphatic rings. The fourth-order valence-electron chi connectivity index (χ4n) is 16.8. The monoisotopic (exact) mass is 1920 g/mol. The van der Waals surface area contributed by atoms with Gasteiger partial charge in [0.1, 0.15) is 57.6 Å². The maximum Gasteiger partial charge on any atom is 0.358 e. The highest BCUT2D eigenvalue weighted by atomic mass is 35.5. The van der Waals surface area contributed by atoms with Crippen LogP contribution < -0.4 is 0 Å². The van der Waals surface area contributed by atoms with E-state index >= 15 is 0 Å². The number of unbranched alkanes of at least 4 members (excludes halogenated alkanes) is 2. The third kappa shape index (κ3) is 26.5. The average Bonchev–Trinajstić information content (AvgIpc) is 1.62. The molecule has 0 unspecified atom stereocenters. The van der Waals surface area contributed by atoms with E-state index in [1.54, 1.807) is 43.5 Å². The number of nitrogens with one attached hydrogen (secondary N) is 4. The lowest BCUT2D eigenvalue weighted by atomic mass is 9.96. The number of ether oxygens (including phenoxy) is 4. The van der Waals surface area contributed by atoms with E-state index in [9.17, 15) is 29.1 Å². The van der Waals surface area contributed by atoms with Gasteiger partial charge in [-0.1, -0.05) is 266 Å². The fourth-order valence-corrected chi connectivity index (χ4v) is 17.1. The molecule has 0 aliphatic heterocycles. The quantitative estimate of drug-likeness (QED) is 0.0178. The van der Waals surface area contributed by atoms with Crippen molar-refractivity contribution in [3.63, 3.8) is 0 Å². The highest BCUT2D eigenvalue weighted by Crippen LogP contribution is 2.38. The second-order valence-electron chi connectivity index (χ2n) is 36.6. The standard InChI is InChI=1S/C29H29N5O2.C28H33N5O3.C28H36N4O3.C26H28ClN5O2/c1-4-8-27-31-25-12-7-11-24(29(35)36-19(2)3)28(25)34(27)18-20-13-15-21(16-14-20)22-9-5-6-10-23(22)26-17-30-33-32-26;1-6-9-24-30-26(28(4,5)35)25(27(34)36-18(2)3)33(24)17-19-12-14-20(15-13-19)21-10-7-8-11-22(21)23-16-29-32-31-23;1-6-7-12-26(33)32(27(19(2)3)28(34)35-20(4)5)18-21-13-15-22(16-14-21)23-10-8-9-11-24(23)25-17-29-31-30-25;1-4-5-10-23-29-25(27)24(26(33)34-17(2)3)32(23)16-18-11-13-19(14-12-18)20-8-6-7-9-21(20)22-15-28-31-30-22/h5-7,9-17,19H,4,8,18H2,1-3H3,(H,30,32,33);7-8,10-16,18,35H,6,9,17H2,1-5H3,(H,29,31,32);8-11,13-17,19-20,27H,6-7,12,18H2,1-5H3,(H,29,30,31);6-9,11-15,17H,4-5,10,16H2,1-3H3,(H,28,30,31)/t;;27-;/m..0./s1. The molecule has 29 nitrogen and oxygen atoms in total. The molecule has 1 atom stereocenters. The number of H-pyrrole nitrogens is 4. The van der Waals surface area contributed by atoms with Crippen LogP contribution in [0.2, 0.25) is 5.15 Å². The Morgan fingerprint density at radius 3 is 1.11 bits per heavy atom. The van der Waals surface area contributed by atoms with Crippen molar-refractivity contribution in [3.05, 3.63) is 305 Å². The summed E-state index contributed by atoms with van der Waals surface area (Å²) in [6.45, 7) is 32.1. The zero-order valence-electron chi connectivity index (χ0n) is 83.1. The van der Waals surface area contributed by atoms with Crippen molar-refractivity contribution in [1.29, 1.82) is 0 Å². The van der Waals surface area contributed by atoms with Gasteiger partial charge < -0.3 is 42.7 Å². The van der Waals surface area contributed by atoms with E-state index in [1.165, 1.54) is 0 Å². The fraction of sp³-hybridized carbons (Fsp3) is 0.333. The molecule has 1 amide bonds. The number of carbonyl (C=O) groups excluding carboxylic acids is 5. The molecule has 0 saturated heterocycles. The van der Waals surface area contributed by atoms with Gasteiger partial charge in [-0.15, -0.1) is 0 Å². The number of halogens is 1. The van der Waals surface area contributed by atoms with E-state index in [-0.39, 0.29) is 53.3 Å². The van der Waals surface area contributed by atoms with Crippen molar-refractivity contribution in [1.82, 2.24) is 95.2 Å². The molecule has 0 bridgehead atoms. The highest BCUT2D eigenvalue weighted by Gasteiger charge is 2.36. The summed E-state index contributed by atoms with van der Waals surface area (Å²) in [6.07, 6.45) is 14.1. The molecule has 7 heterocycles. The molecular weight excluding hydrogens is 1790 g/mol. The summed E-state index contributed by atoms with van der Waals surface area (Å²) >= 11 is 6.40. The molecule has 5 N–H and O–H groups in total. The number of imidazole rings is 3. The summed E-state index contributed by atoms with van der Waals surface area (Å²) in [4.78, 5) is 80.7. The van der Waals surface area contributed by atoms with Gasteiger partial charge >= 0.3 is 23.9 Å². The van der Waals surface area contributed by atoms with Crippen LogP contribution in [-0.4, -0.2) is 161 Å². The van der Waals surface area contributed by atoms with Gasteiger partial charge in [-0.05, 0) is 180 Å². The number of rotatable bonds is 37. The average molecular weight is 1920 g/mol. The molecule has 0 saturated carbocycles. The van der Waals surface area contributed by atoms with Crippen LogP contribution in [0.4, 0.5) is 0 Å². The number of aromatic amines is 4. The number of nitrogens with zero attached hydrogens (tertiary/aromatic N) is 15. The van der Waals surface area contributed by atoms with Gasteiger partial charge in [0.25, 0.3) is 0 Å². The Morgan fingerprint density at radius 1 is 0.390 bits per heavy atom. The molecule has 7 aromatic heterocycles. The molecule has 732 valence electrons. The molecule has 0 aliphatic carbocycles. The van der Waals surface area contributed by atoms with Crippen molar-refractivity contribution < 1.29 is 48.0 Å². The summed E-state index contributed by atoms with van der Waals surface area (Å²) in [7, 11) is 0. The van der Waals surface area contributed by atoms with Crippen molar-refractivity contribution in [3.8, 4) is 89.5 Å². The topological polar surface area (TPSA) is 365 Å². The first-order valence-corrected chi connectivity index (χ1v) is 48.8. The van der Waals surface area contributed by atoms with Crippen LogP contribution in [0.25, 0.3) is 101 Å². The van der Waals surface area contributed by atoms with E-state index in [0.29, 0.717) is 61.7 Å². The zero-order valence-corrected chi connectivity index (χ0v) is 83.8. The van der Waals surface area contributed by atoms with E-state index < -0.39 is 23.6 Å². The molecule has 0 spiro atoms. The Hall–Kier alpha value is -15.0. The minimum Gasteiger partial charge on any atom is -0.461 e. The van der Waals surface area contributed by atoms with Gasteiger partial charge in [-0.2, -0.15) is 61.6 Å². The summed E-state index contributed by atoms with van der Waals surface area (Å²) in [5, 5.41) is 54.4. The minimum atomic E-state index is -1.28. The van der Waals surface area contributed by atoms with E-state index in [4.69, 9.17) is 40.5 Å². The molecule has 16 aromatic rings.